The number of benzene rings is 2. The molecule has 0 fully saturated rings. The predicted octanol–water partition coefficient (Wildman–Crippen LogP) is 4.91. The highest BCUT2D eigenvalue weighted by Crippen LogP contribution is 2.28. The van der Waals surface area contributed by atoms with Crippen LogP contribution in [0.2, 0.25) is 0 Å². The molecule has 2 aromatic rings. The number of anilines is 1. The average Bonchev–Trinajstić information content (AvgIpc) is 2.37. The first kappa shape index (κ1) is 14.9. The van der Waals surface area contributed by atoms with Crippen LogP contribution in [-0.2, 0) is 12.0 Å². The molecule has 0 saturated carbocycles. The Labute approximate surface area is 129 Å². The molecule has 0 aliphatic heterocycles. The molecule has 0 amide bonds. The maximum atomic E-state index is 5.97. The number of nitrogen functional groups attached to an aromatic ring is 1. The number of hydrogen-bond donors (Lipinski definition) is 1. The van der Waals surface area contributed by atoms with Crippen LogP contribution in [0.25, 0.3) is 0 Å². The van der Waals surface area contributed by atoms with Gasteiger partial charge in [-0.3, -0.25) is 0 Å². The van der Waals surface area contributed by atoms with Gasteiger partial charge in [0, 0.05) is 15.7 Å². The van der Waals surface area contributed by atoms with E-state index in [9.17, 15) is 0 Å². The van der Waals surface area contributed by atoms with Crippen molar-refractivity contribution < 1.29 is 4.74 Å². The van der Waals surface area contributed by atoms with E-state index in [2.05, 4.69) is 48.8 Å². The molecule has 0 heterocycles. The van der Waals surface area contributed by atoms with Gasteiger partial charge in [0.15, 0.2) is 0 Å². The van der Waals surface area contributed by atoms with E-state index < -0.39 is 0 Å². The first-order chi connectivity index (χ1) is 9.38. The van der Waals surface area contributed by atoms with Crippen molar-refractivity contribution in [3.05, 3.63) is 58.1 Å². The molecule has 2 rings (SSSR count). The molecule has 3 heteroatoms. The molecular weight excluding hydrogens is 314 g/mol. The molecule has 0 spiro atoms. The lowest BCUT2D eigenvalue weighted by molar-refractivity contribution is 0.305. The highest BCUT2D eigenvalue weighted by molar-refractivity contribution is 9.10. The summed E-state index contributed by atoms with van der Waals surface area (Å²) >= 11 is 3.51. The highest BCUT2D eigenvalue weighted by atomic mass is 79.9. The van der Waals surface area contributed by atoms with Crippen LogP contribution in [-0.4, -0.2) is 0 Å². The van der Waals surface area contributed by atoms with E-state index in [0.29, 0.717) is 6.61 Å². The number of halogens is 1. The third kappa shape index (κ3) is 3.54. The van der Waals surface area contributed by atoms with Gasteiger partial charge in [0.2, 0.25) is 0 Å². The van der Waals surface area contributed by atoms with Crippen molar-refractivity contribution in [3.63, 3.8) is 0 Å². The topological polar surface area (TPSA) is 35.2 Å². The van der Waals surface area contributed by atoms with Crippen LogP contribution in [0.15, 0.2) is 46.9 Å². The van der Waals surface area contributed by atoms with Gasteiger partial charge in [-0.05, 0) is 35.2 Å². The minimum atomic E-state index is 0.117. The Bertz CT molecular complexity index is 582. The van der Waals surface area contributed by atoms with Gasteiger partial charge in [-0.15, -0.1) is 0 Å². The molecule has 2 aromatic carbocycles. The summed E-state index contributed by atoms with van der Waals surface area (Å²) in [5.74, 6) is 0.868. The number of ether oxygens (including phenoxy) is 1. The van der Waals surface area contributed by atoms with E-state index in [1.54, 1.807) is 0 Å². The van der Waals surface area contributed by atoms with Gasteiger partial charge in [-0.1, -0.05) is 54.9 Å². The Morgan fingerprint density at radius 3 is 2.45 bits per heavy atom. The maximum absolute atomic E-state index is 5.97. The van der Waals surface area contributed by atoms with Gasteiger partial charge in [0.05, 0.1) is 0 Å². The van der Waals surface area contributed by atoms with E-state index in [-0.39, 0.29) is 5.41 Å². The molecule has 0 saturated heterocycles. The summed E-state index contributed by atoms with van der Waals surface area (Å²) in [4.78, 5) is 0. The number of rotatable bonds is 3. The average molecular weight is 334 g/mol. The fraction of sp³-hybridized carbons (Fsp3) is 0.294. The molecule has 2 nitrogen and oxygen atoms in total. The number of nitrogens with two attached hydrogens (primary N) is 1. The summed E-state index contributed by atoms with van der Waals surface area (Å²) in [6.45, 7) is 7.04. The second-order valence-electron chi connectivity index (χ2n) is 5.87. The minimum absolute atomic E-state index is 0.117. The Morgan fingerprint density at radius 1 is 1.10 bits per heavy atom. The van der Waals surface area contributed by atoms with E-state index in [0.717, 1.165) is 21.5 Å². The molecule has 106 valence electrons. The predicted molar refractivity (Wildman–Crippen MR) is 88.0 cm³/mol. The first-order valence-corrected chi connectivity index (χ1v) is 7.43. The molecule has 0 bridgehead atoms. The molecule has 0 aliphatic carbocycles. The summed E-state index contributed by atoms with van der Waals surface area (Å²) in [5, 5.41) is 0. The molecule has 0 aliphatic rings. The SMILES string of the molecule is CC(C)(C)c1cccc(OCc2c(N)cccc2Br)c1. The van der Waals surface area contributed by atoms with Gasteiger partial charge in [-0.2, -0.15) is 0 Å². The van der Waals surface area contributed by atoms with Crippen LogP contribution < -0.4 is 10.5 Å². The number of hydrogen-bond acceptors (Lipinski definition) is 2. The smallest absolute Gasteiger partial charge is 0.120 e. The van der Waals surface area contributed by atoms with Gasteiger partial charge < -0.3 is 10.5 Å². The second-order valence-corrected chi connectivity index (χ2v) is 6.73. The van der Waals surface area contributed by atoms with Crippen LogP contribution in [0.1, 0.15) is 31.9 Å². The van der Waals surface area contributed by atoms with Gasteiger partial charge in [-0.25, -0.2) is 0 Å². The Kier molecular flexibility index (Phi) is 4.39. The van der Waals surface area contributed by atoms with Crippen LogP contribution in [0.5, 0.6) is 5.75 Å². The van der Waals surface area contributed by atoms with E-state index in [1.165, 1.54) is 5.56 Å². The molecular formula is C17H20BrNO. The molecule has 2 N–H and O–H groups in total. The summed E-state index contributed by atoms with van der Waals surface area (Å²) in [6, 6.07) is 14.0. The van der Waals surface area contributed by atoms with Crippen molar-refractivity contribution in [2.24, 2.45) is 0 Å². The standard InChI is InChI=1S/C17H20BrNO/c1-17(2,3)12-6-4-7-13(10-12)20-11-14-15(18)8-5-9-16(14)19/h4-10H,11,19H2,1-3H3. The van der Waals surface area contributed by atoms with Crippen LogP contribution in [0.4, 0.5) is 5.69 Å². The largest absolute Gasteiger partial charge is 0.489 e. The van der Waals surface area contributed by atoms with Gasteiger partial charge in [0.1, 0.15) is 12.4 Å². The third-order valence-electron chi connectivity index (χ3n) is 3.24. The van der Waals surface area contributed by atoms with Crippen LogP contribution in [0, 0.1) is 0 Å². The highest BCUT2D eigenvalue weighted by Gasteiger charge is 2.14. The van der Waals surface area contributed by atoms with E-state index in [1.807, 2.05) is 30.3 Å². The second kappa shape index (κ2) is 5.88. The van der Waals surface area contributed by atoms with Gasteiger partial charge in [0.25, 0.3) is 0 Å². The lowest BCUT2D eigenvalue weighted by atomic mass is 9.87. The van der Waals surface area contributed by atoms with Crippen LogP contribution >= 0.6 is 15.9 Å². The van der Waals surface area contributed by atoms with Gasteiger partial charge >= 0.3 is 0 Å². The third-order valence-corrected chi connectivity index (χ3v) is 3.98. The summed E-state index contributed by atoms with van der Waals surface area (Å²) < 4.78 is 6.86. The molecule has 0 atom stereocenters. The summed E-state index contributed by atoms with van der Waals surface area (Å²) in [5.41, 5.74) is 9.07. The minimum Gasteiger partial charge on any atom is -0.489 e. The fourth-order valence-electron chi connectivity index (χ4n) is 1.94. The lowest BCUT2D eigenvalue weighted by Crippen LogP contribution is -2.11. The summed E-state index contributed by atoms with van der Waals surface area (Å²) in [7, 11) is 0. The first-order valence-electron chi connectivity index (χ1n) is 6.64. The molecule has 20 heavy (non-hydrogen) atoms. The zero-order chi connectivity index (χ0) is 14.8. The lowest BCUT2D eigenvalue weighted by Gasteiger charge is -2.20. The van der Waals surface area contributed by atoms with E-state index in [4.69, 9.17) is 10.5 Å². The fourth-order valence-corrected chi connectivity index (χ4v) is 2.43. The van der Waals surface area contributed by atoms with Crippen molar-refractivity contribution in [2.75, 3.05) is 5.73 Å². The molecule has 0 unspecified atom stereocenters. The van der Waals surface area contributed by atoms with E-state index >= 15 is 0 Å². The Hall–Kier alpha value is -1.48. The Morgan fingerprint density at radius 2 is 1.80 bits per heavy atom. The monoisotopic (exact) mass is 333 g/mol. The normalized spacial score (nSPS) is 11.4. The van der Waals surface area contributed by atoms with Crippen molar-refractivity contribution >= 4 is 21.6 Å². The quantitative estimate of drug-likeness (QED) is 0.810. The Balaban J connectivity index is 2.16. The zero-order valence-corrected chi connectivity index (χ0v) is 13.7. The summed E-state index contributed by atoms with van der Waals surface area (Å²) in [6.07, 6.45) is 0. The zero-order valence-electron chi connectivity index (χ0n) is 12.1. The maximum Gasteiger partial charge on any atom is 0.120 e. The van der Waals surface area contributed by atoms with Crippen molar-refractivity contribution in [2.45, 2.75) is 32.8 Å². The van der Waals surface area contributed by atoms with Crippen molar-refractivity contribution in [1.82, 2.24) is 0 Å². The molecule has 0 aromatic heterocycles. The molecule has 0 radical (unpaired) electrons. The van der Waals surface area contributed by atoms with Crippen LogP contribution in [0.3, 0.4) is 0 Å². The van der Waals surface area contributed by atoms with Crippen molar-refractivity contribution in [1.29, 1.82) is 0 Å². The van der Waals surface area contributed by atoms with Crippen molar-refractivity contribution in [3.8, 4) is 5.75 Å².